The average molecular weight is 648 g/mol. The van der Waals surface area contributed by atoms with Crippen molar-refractivity contribution in [2.45, 2.75) is 23.8 Å². The molecule has 1 aliphatic rings. The number of rotatable bonds is 6. The summed E-state index contributed by atoms with van der Waals surface area (Å²) < 4.78 is 120. The second-order valence-electron chi connectivity index (χ2n) is 7.58. The number of amides is 1. The maximum Gasteiger partial charge on any atom is 0.421 e. The molecule has 0 bridgehead atoms. The molecule has 3 rings (SSSR count). The van der Waals surface area contributed by atoms with Crippen LogP contribution in [0.25, 0.3) is 6.08 Å². The highest BCUT2D eigenvalue weighted by atomic mass is 127. The van der Waals surface area contributed by atoms with Crippen LogP contribution in [0.1, 0.15) is 27.4 Å². The normalized spacial score (nSPS) is 15.9. The van der Waals surface area contributed by atoms with Crippen LogP contribution < -0.4 is 10.1 Å². The summed E-state index contributed by atoms with van der Waals surface area (Å²) in [4.78, 5) is 25.4. The SMILES string of the molecule is O=C(NC(CS(=O)(=O)[O-])(C(F)(F)F)C(F)(F)F)c1ccc(I)cc1OC(=O)C1C=Cc2ccccc21. The summed E-state index contributed by atoms with van der Waals surface area (Å²) in [6, 6.07) is 9.58. The van der Waals surface area contributed by atoms with Crippen LogP contribution in [-0.4, -0.2) is 48.5 Å². The van der Waals surface area contributed by atoms with Crippen LogP contribution in [0, 0.1) is 3.57 Å². The quantitative estimate of drug-likeness (QED) is 0.166. The van der Waals surface area contributed by atoms with Crippen LogP contribution in [0.15, 0.2) is 48.5 Å². The van der Waals surface area contributed by atoms with E-state index < -0.39 is 62.9 Å². The van der Waals surface area contributed by atoms with E-state index in [0.29, 0.717) is 20.0 Å². The van der Waals surface area contributed by atoms with Gasteiger partial charge < -0.3 is 14.6 Å². The van der Waals surface area contributed by atoms with Crippen LogP contribution in [-0.2, 0) is 14.9 Å². The van der Waals surface area contributed by atoms with Gasteiger partial charge in [0.25, 0.3) is 5.91 Å². The van der Waals surface area contributed by atoms with Crippen LogP contribution in [0.3, 0.4) is 0 Å². The van der Waals surface area contributed by atoms with Crippen LogP contribution in [0.2, 0.25) is 0 Å². The minimum atomic E-state index is -6.43. The molecule has 1 amide bonds. The second kappa shape index (κ2) is 9.66. The predicted molar refractivity (Wildman–Crippen MR) is 120 cm³/mol. The number of hydrogen-bond donors (Lipinski definition) is 1. The number of carbonyl (C=O) groups is 2. The van der Waals surface area contributed by atoms with Gasteiger partial charge in [-0.05, 0) is 51.9 Å². The lowest BCUT2D eigenvalue weighted by molar-refractivity contribution is -0.296. The Morgan fingerprint density at radius 1 is 1.03 bits per heavy atom. The third-order valence-corrected chi connectivity index (χ3v) is 6.60. The van der Waals surface area contributed by atoms with Gasteiger partial charge in [0.1, 0.15) is 11.7 Å². The molecule has 0 fully saturated rings. The number of halogens is 7. The van der Waals surface area contributed by atoms with Gasteiger partial charge in [0.15, 0.2) is 0 Å². The summed E-state index contributed by atoms with van der Waals surface area (Å²) in [5, 5.41) is 0.626. The van der Waals surface area contributed by atoms with E-state index in [0.717, 1.165) is 18.2 Å². The Bertz CT molecular complexity index is 1330. The van der Waals surface area contributed by atoms with E-state index in [-0.39, 0.29) is 0 Å². The first kappa shape index (κ1) is 27.9. The van der Waals surface area contributed by atoms with Gasteiger partial charge in [0.2, 0.25) is 5.54 Å². The monoisotopic (exact) mass is 648 g/mol. The predicted octanol–water partition coefficient (Wildman–Crippen LogP) is 4.15. The molecular weight excluding hydrogens is 635 g/mol. The van der Waals surface area contributed by atoms with Gasteiger partial charge in [-0.1, -0.05) is 36.4 Å². The Kier molecular flexibility index (Phi) is 7.49. The zero-order valence-corrected chi connectivity index (χ0v) is 20.5. The molecule has 0 heterocycles. The molecule has 1 atom stereocenters. The van der Waals surface area contributed by atoms with E-state index in [1.54, 1.807) is 52.9 Å². The first-order valence-electron chi connectivity index (χ1n) is 9.63. The van der Waals surface area contributed by atoms with Crippen LogP contribution >= 0.6 is 22.6 Å². The number of carbonyl (C=O) groups excluding carboxylic acids is 2. The highest BCUT2D eigenvalue weighted by molar-refractivity contribution is 14.1. The number of alkyl halides is 6. The molecule has 0 aromatic heterocycles. The standard InChI is InChI=1S/C21H14F6INO6S/c22-20(23,24)19(21(25,26)27,10-36(32,33)34)29-17(30)15-8-6-12(28)9-16(15)35-18(31)14-7-5-11-3-1-2-4-13(11)14/h1-9,14H,10H2,(H,29,30)(H,32,33,34)/p-1. The molecule has 1 aliphatic carbocycles. The number of benzene rings is 2. The Hall–Kier alpha value is -2.66. The van der Waals surface area contributed by atoms with E-state index in [9.17, 15) is 48.9 Å². The maximum absolute atomic E-state index is 13.6. The summed E-state index contributed by atoms with van der Waals surface area (Å²) in [6.07, 6.45) is -9.81. The Balaban J connectivity index is 2.00. The molecule has 0 aliphatic heterocycles. The molecule has 194 valence electrons. The van der Waals surface area contributed by atoms with Gasteiger partial charge in [-0.3, -0.25) is 9.59 Å². The van der Waals surface area contributed by atoms with E-state index in [1.807, 2.05) is 0 Å². The van der Waals surface area contributed by atoms with E-state index in [4.69, 9.17) is 4.74 Å². The minimum Gasteiger partial charge on any atom is -0.748 e. The summed E-state index contributed by atoms with van der Waals surface area (Å²) in [5.41, 5.74) is -5.15. The first-order chi connectivity index (χ1) is 16.5. The highest BCUT2D eigenvalue weighted by Gasteiger charge is 2.72. The lowest BCUT2D eigenvalue weighted by atomic mass is 9.99. The summed E-state index contributed by atoms with van der Waals surface area (Å²) in [6.45, 7) is 0. The fraction of sp³-hybridized carbons (Fsp3) is 0.238. The average Bonchev–Trinajstić information content (AvgIpc) is 3.15. The van der Waals surface area contributed by atoms with Crippen molar-refractivity contribution in [2.24, 2.45) is 0 Å². The van der Waals surface area contributed by atoms with Crippen molar-refractivity contribution in [3.63, 3.8) is 0 Å². The number of esters is 1. The zero-order valence-electron chi connectivity index (χ0n) is 17.5. The molecule has 1 unspecified atom stereocenters. The van der Waals surface area contributed by atoms with Crippen LogP contribution in [0.5, 0.6) is 5.75 Å². The van der Waals surface area contributed by atoms with Crippen molar-refractivity contribution in [2.75, 3.05) is 5.75 Å². The fourth-order valence-corrected chi connectivity index (χ4v) is 4.82. The van der Waals surface area contributed by atoms with Crippen molar-refractivity contribution < 1.29 is 53.6 Å². The molecule has 0 saturated carbocycles. The van der Waals surface area contributed by atoms with Gasteiger partial charge in [0, 0.05) is 3.57 Å². The molecule has 36 heavy (non-hydrogen) atoms. The Labute approximate surface area is 213 Å². The number of fused-ring (bicyclic) bond motifs is 1. The minimum absolute atomic E-state index is 0.300. The first-order valence-corrected chi connectivity index (χ1v) is 12.3. The number of nitrogens with one attached hydrogen (secondary N) is 1. The van der Waals surface area contributed by atoms with E-state index >= 15 is 0 Å². The Morgan fingerprint density at radius 3 is 2.22 bits per heavy atom. The molecule has 0 radical (unpaired) electrons. The molecule has 1 N–H and O–H groups in total. The fourth-order valence-electron chi connectivity index (χ4n) is 3.42. The summed E-state index contributed by atoms with van der Waals surface area (Å²) in [5.74, 6) is -7.74. The Morgan fingerprint density at radius 2 is 1.64 bits per heavy atom. The molecule has 2 aromatic carbocycles. The van der Waals surface area contributed by atoms with Gasteiger partial charge >= 0.3 is 18.3 Å². The second-order valence-corrected chi connectivity index (χ2v) is 10.2. The van der Waals surface area contributed by atoms with Gasteiger partial charge in [-0.25, -0.2) is 8.42 Å². The third kappa shape index (κ3) is 5.67. The van der Waals surface area contributed by atoms with Crippen LogP contribution in [0.4, 0.5) is 26.3 Å². The highest BCUT2D eigenvalue weighted by Crippen LogP contribution is 2.44. The lowest BCUT2D eigenvalue weighted by Crippen LogP contribution is -2.70. The van der Waals surface area contributed by atoms with Gasteiger partial charge in [-0.15, -0.1) is 0 Å². The largest absolute Gasteiger partial charge is 0.748 e. The maximum atomic E-state index is 13.6. The molecule has 2 aromatic rings. The molecule has 15 heteroatoms. The molecule has 0 spiro atoms. The van der Waals surface area contributed by atoms with E-state index in [1.165, 1.54) is 6.08 Å². The van der Waals surface area contributed by atoms with Crippen molar-refractivity contribution in [3.05, 3.63) is 68.8 Å². The summed E-state index contributed by atoms with van der Waals surface area (Å²) >= 11 is 1.69. The van der Waals surface area contributed by atoms with Crippen molar-refractivity contribution >= 4 is 50.7 Å². The lowest BCUT2D eigenvalue weighted by Gasteiger charge is -2.38. The third-order valence-electron chi connectivity index (χ3n) is 5.14. The molecule has 7 nitrogen and oxygen atoms in total. The number of hydrogen-bond acceptors (Lipinski definition) is 6. The smallest absolute Gasteiger partial charge is 0.421 e. The van der Waals surface area contributed by atoms with Crippen molar-refractivity contribution in [1.29, 1.82) is 0 Å². The van der Waals surface area contributed by atoms with Crippen molar-refractivity contribution in [1.82, 2.24) is 5.32 Å². The van der Waals surface area contributed by atoms with Gasteiger partial charge in [-0.2, -0.15) is 26.3 Å². The molecule has 0 saturated heterocycles. The summed E-state index contributed by atoms with van der Waals surface area (Å²) in [7, 11) is -6.15. The zero-order chi connectivity index (χ0) is 27.1. The number of ether oxygens (including phenoxy) is 1. The topological polar surface area (TPSA) is 113 Å². The molecular formula is C21H13F6INO6S-. The van der Waals surface area contributed by atoms with Gasteiger partial charge in [0.05, 0.1) is 21.4 Å². The van der Waals surface area contributed by atoms with E-state index in [2.05, 4.69) is 0 Å². The van der Waals surface area contributed by atoms with Crippen molar-refractivity contribution in [3.8, 4) is 5.75 Å².